The van der Waals surface area contributed by atoms with Crippen LogP contribution in [0.1, 0.15) is 25.0 Å². The van der Waals surface area contributed by atoms with Gasteiger partial charge in [0.05, 0.1) is 24.9 Å². The number of hydrogen-bond donors (Lipinski definition) is 0. The zero-order chi connectivity index (χ0) is 21.4. The first-order chi connectivity index (χ1) is 15.2. The average molecular weight is 413 g/mol. The van der Waals surface area contributed by atoms with Crippen molar-refractivity contribution in [1.82, 2.24) is 9.88 Å². The lowest BCUT2D eigenvalue weighted by molar-refractivity contribution is 0.269. The number of hydrogen-bond acceptors (Lipinski definition) is 4. The molecule has 2 heterocycles. The van der Waals surface area contributed by atoms with E-state index in [4.69, 9.17) is 14.5 Å². The highest BCUT2D eigenvalue weighted by Gasteiger charge is 2.26. The Kier molecular flexibility index (Phi) is 5.24. The molecular formula is C27H28N2O2. The molecule has 0 radical (unpaired) electrons. The van der Waals surface area contributed by atoms with Crippen LogP contribution in [0.2, 0.25) is 0 Å². The first-order valence-electron chi connectivity index (χ1n) is 11.1. The Morgan fingerprint density at radius 2 is 1.84 bits per heavy atom. The summed E-state index contributed by atoms with van der Waals surface area (Å²) in [4.78, 5) is 7.72. The molecule has 1 aliphatic heterocycles. The molecule has 31 heavy (non-hydrogen) atoms. The Hall–Kier alpha value is -3.11. The molecule has 1 aromatic heterocycles. The van der Waals surface area contributed by atoms with Crippen LogP contribution >= 0.6 is 0 Å². The van der Waals surface area contributed by atoms with Crippen LogP contribution in [0.4, 0.5) is 0 Å². The molecule has 5 rings (SSSR count). The van der Waals surface area contributed by atoms with Gasteiger partial charge in [-0.1, -0.05) is 43.3 Å². The Morgan fingerprint density at radius 3 is 2.65 bits per heavy atom. The van der Waals surface area contributed by atoms with Crippen LogP contribution in [-0.2, 0) is 13.0 Å². The molecule has 0 saturated heterocycles. The Balaban J connectivity index is 1.85. The van der Waals surface area contributed by atoms with E-state index in [-0.39, 0.29) is 0 Å². The molecule has 4 heteroatoms. The first kappa shape index (κ1) is 19.8. The van der Waals surface area contributed by atoms with E-state index >= 15 is 0 Å². The van der Waals surface area contributed by atoms with Crippen LogP contribution < -0.4 is 9.47 Å². The van der Waals surface area contributed by atoms with Crippen molar-refractivity contribution in [2.24, 2.45) is 0 Å². The van der Waals surface area contributed by atoms with Crippen molar-refractivity contribution < 1.29 is 9.47 Å². The van der Waals surface area contributed by atoms with Crippen molar-refractivity contribution in [3.8, 4) is 22.8 Å². The van der Waals surface area contributed by atoms with Crippen molar-refractivity contribution in [2.75, 3.05) is 26.8 Å². The van der Waals surface area contributed by atoms with Crippen molar-refractivity contribution in [3.63, 3.8) is 0 Å². The fourth-order valence-corrected chi connectivity index (χ4v) is 4.82. The lowest BCUT2D eigenvalue weighted by Gasteiger charge is -2.30. The van der Waals surface area contributed by atoms with Crippen LogP contribution in [0.15, 0.2) is 54.6 Å². The predicted molar refractivity (Wildman–Crippen MR) is 127 cm³/mol. The van der Waals surface area contributed by atoms with E-state index in [1.54, 1.807) is 7.11 Å². The lowest BCUT2D eigenvalue weighted by atomic mass is 9.89. The molecule has 1 aliphatic rings. The molecule has 4 aromatic rings. The van der Waals surface area contributed by atoms with Crippen LogP contribution in [-0.4, -0.2) is 36.7 Å². The summed E-state index contributed by atoms with van der Waals surface area (Å²) in [7, 11) is 1.69. The fraction of sp³-hybridized carbons (Fsp3) is 0.296. The van der Waals surface area contributed by atoms with Gasteiger partial charge in [-0.2, -0.15) is 0 Å². The van der Waals surface area contributed by atoms with Gasteiger partial charge in [0.1, 0.15) is 0 Å². The third-order valence-corrected chi connectivity index (χ3v) is 6.34. The number of likely N-dealkylation sites (N-methyl/N-ethyl adjacent to an activating group) is 1. The highest BCUT2D eigenvalue weighted by molar-refractivity contribution is 6.09. The number of para-hydroxylation sites is 1. The molecule has 0 N–H and O–H groups in total. The van der Waals surface area contributed by atoms with Gasteiger partial charge < -0.3 is 9.47 Å². The lowest BCUT2D eigenvalue weighted by Crippen LogP contribution is -2.31. The summed E-state index contributed by atoms with van der Waals surface area (Å²) in [5, 5.41) is 3.85. The number of methoxy groups -OCH3 is 1. The van der Waals surface area contributed by atoms with E-state index < -0.39 is 0 Å². The SMILES string of the molecule is CCOc1c(OC)cccc1-c1nc2ccc3ccccc3c2c2c1CN(CC)CC2. The van der Waals surface area contributed by atoms with Crippen molar-refractivity contribution >= 4 is 21.7 Å². The molecule has 3 aromatic carbocycles. The van der Waals surface area contributed by atoms with E-state index in [9.17, 15) is 0 Å². The molecule has 0 saturated carbocycles. The number of nitrogens with zero attached hydrogens (tertiary/aromatic N) is 2. The number of fused-ring (bicyclic) bond motifs is 5. The van der Waals surface area contributed by atoms with Gasteiger partial charge in [0.15, 0.2) is 11.5 Å². The Morgan fingerprint density at radius 1 is 0.968 bits per heavy atom. The summed E-state index contributed by atoms with van der Waals surface area (Å²) in [5.41, 5.74) is 5.80. The number of ether oxygens (including phenoxy) is 2. The van der Waals surface area contributed by atoms with E-state index in [1.165, 1.54) is 27.3 Å². The Labute approximate surface area is 183 Å². The molecule has 158 valence electrons. The van der Waals surface area contributed by atoms with Gasteiger partial charge in [-0.25, -0.2) is 4.98 Å². The van der Waals surface area contributed by atoms with Crippen LogP contribution in [0, 0.1) is 0 Å². The third-order valence-electron chi connectivity index (χ3n) is 6.34. The van der Waals surface area contributed by atoms with Gasteiger partial charge >= 0.3 is 0 Å². The summed E-state index contributed by atoms with van der Waals surface area (Å²) >= 11 is 0. The highest BCUT2D eigenvalue weighted by atomic mass is 16.5. The quantitative estimate of drug-likeness (QED) is 0.386. The zero-order valence-electron chi connectivity index (χ0n) is 18.4. The monoisotopic (exact) mass is 412 g/mol. The Bertz CT molecular complexity index is 1270. The molecule has 0 spiro atoms. The van der Waals surface area contributed by atoms with E-state index in [0.717, 1.165) is 54.3 Å². The van der Waals surface area contributed by atoms with Gasteiger partial charge in [0.2, 0.25) is 0 Å². The molecule has 0 amide bonds. The minimum atomic E-state index is 0.578. The summed E-state index contributed by atoms with van der Waals surface area (Å²) in [6.07, 6.45) is 1.02. The minimum absolute atomic E-state index is 0.578. The largest absolute Gasteiger partial charge is 0.493 e. The first-order valence-corrected chi connectivity index (χ1v) is 11.1. The second-order valence-corrected chi connectivity index (χ2v) is 7.99. The van der Waals surface area contributed by atoms with Crippen LogP contribution in [0.5, 0.6) is 11.5 Å². The summed E-state index contributed by atoms with van der Waals surface area (Å²) < 4.78 is 11.7. The van der Waals surface area contributed by atoms with Crippen molar-refractivity contribution in [1.29, 1.82) is 0 Å². The fourth-order valence-electron chi connectivity index (χ4n) is 4.82. The summed E-state index contributed by atoms with van der Waals surface area (Å²) in [6.45, 7) is 7.81. The maximum atomic E-state index is 6.06. The molecule has 0 fully saturated rings. The average Bonchev–Trinajstić information content (AvgIpc) is 2.83. The molecule has 0 aliphatic carbocycles. The van der Waals surface area contributed by atoms with Gasteiger partial charge in [-0.3, -0.25) is 4.90 Å². The predicted octanol–water partition coefficient (Wildman–Crippen LogP) is 5.84. The number of pyridine rings is 1. The van der Waals surface area contributed by atoms with Gasteiger partial charge in [-0.15, -0.1) is 0 Å². The molecule has 0 unspecified atom stereocenters. The second-order valence-electron chi connectivity index (χ2n) is 7.99. The summed E-state index contributed by atoms with van der Waals surface area (Å²) in [6, 6.07) is 19.1. The standard InChI is InChI=1S/C27H28N2O2/c1-4-29-16-15-20-22(17-29)26(21-11-8-12-24(30-3)27(21)31-5-2)28-23-14-13-18-9-6-7-10-19(18)25(20)23/h6-14H,4-5,15-17H2,1-3H3. The molecule has 4 nitrogen and oxygen atoms in total. The maximum absolute atomic E-state index is 6.06. The normalized spacial score (nSPS) is 14.0. The van der Waals surface area contributed by atoms with Gasteiger partial charge in [-0.05, 0) is 60.0 Å². The van der Waals surface area contributed by atoms with Gasteiger partial charge in [0, 0.05) is 24.0 Å². The highest BCUT2D eigenvalue weighted by Crippen LogP contribution is 2.43. The van der Waals surface area contributed by atoms with E-state index in [1.807, 2.05) is 19.1 Å². The summed E-state index contributed by atoms with van der Waals surface area (Å²) in [5.74, 6) is 1.52. The van der Waals surface area contributed by atoms with Gasteiger partial charge in [0.25, 0.3) is 0 Å². The smallest absolute Gasteiger partial charge is 0.170 e. The van der Waals surface area contributed by atoms with Crippen molar-refractivity contribution in [3.05, 3.63) is 65.7 Å². The number of benzene rings is 3. The van der Waals surface area contributed by atoms with E-state index in [0.29, 0.717) is 6.61 Å². The number of aromatic nitrogens is 1. The molecule has 0 bridgehead atoms. The second kappa shape index (κ2) is 8.20. The van der Waals surface area contributed by atoms with Crippen molar-refractivity contribution in [2.45, 2.75) is 26.8 Å². The van der Waals surface area contributed by atoms with Crippen LogP contribution in [0.3, 0.4) is 0 Å². The maximum Gasteiger partial charge on any atom is 0.170 e. The third kappa shape index (κ3) is 3.31. The topological polar surface area (TPSA) is 34.6 Å². The zero-order valence-corrected chi connectivity index (χ0v) is 18.4. The van der Waals surface area contributed by atoms with E-state index in [2.05, 4.69) is 54.3 Å². The minimum Gasteiger partial charge on any atom is -0.493 e. The number of rotatable bonds is 5. The molecular weight excluding hydrogens is 384 g/mol. The van der Waals surface area contributed by atoms with Crippen LogP contribution in [0.25, 0.3) is 32.9 Å². The molecule has 0 atom stereocenters.